The van der Waals surface area contributed by atoms with Crippen molar-refractivity contribution in [3.05, 3.63) is 138 Å². The van der Waals surface area contributed by atoms with Gasteiger partial charge in [-0.1, -0.05) is 121 Å². The van der Waals surface area contributed by atoms with Gasteiger partial charge in [0.25, 0.3) is 0 Å². The Bertz CT molecular complexity index is 1110. The van der Waals surface area contributed by atoms with Crippen LogP contribution >= 0.6 is 23.5 Å². The van der Waals surface area contributed by atoms with Crippen molar-refractivity contribution >= 4 is 28.6 Å². The van der Waals surface area contributed by atoms with E-state index in [1.54, 1.807) is 11.8 Å². The topological polar surface area (TPSA) is 17.1 Å². The molecule has 0 bridgehead atoms. The molecular weight excluding hydrogens is 404 g/mol. The summed E-state index contributed by atoms with van der Waals surface area (Å²) in [7, 11) is 0. The van der Waals surface area contributed by atoms with E-state index in [-0.39, 0.29) is 5.12 Å². The van der Waals surface area contributed by atoms with Crippen molar-refractivity contribution in [2.75, 3.05) is 0 Å². The highest BCUT2D eigenvalue weighted by Gasteiger charge is 2.70. The first-order valence-corrected chi connectivity index (χ1v) is 11.5. The quantitative estimate of drug-likeness (QED) is 0.347. The van der Waals surface area contributed by atoms with Crippen LogP contribution in [0.1, 0.15) is 16.7 Å². The fourth-order valence-electron chi connectivity index (χ4n) is 4.27. The molecule has 0 N–H and O–H groups in total. The second kappa shape index (κ2) is 7.82. The Kier molecular flexibility index (Phi) is 5.01. The Morgan fingerprint density at radius 1 is 0.533 bits per heavy atom. The van der Waals surface area contributed by atoms with Gasteiger partial charge in [0.2, 0.25) is 5.12 Å². The molecule has 1 nitrogen and oxygen atoms in total. The Balaban J connectivity index is 1.82. The van der Waals surface area contributed by atoms with E-state index in [2.05, 4.69) is 72.8 Å². The smallest absolute Gasteiger partial charge is 0.208 e. The highest BCUT2D eigenvalue weighted by molar-refractivity contribution is 8.27. The number of hydrogen-bond donors (Lipinski definition) is 0. The molecule has 1 fully saturated rings. The third-order valence-electron chi connectivity index (χ3n) is 5.61. The molecule has 1 aliphatic rings. The van der Waals surface area contributed by atoms with Crippen LogP contribution in [0, 0.1) is 0 Å². The van der Waals surface area contributed by atoms with Crippen LogP contribution in [0.4, 0.5) is 0 Å². The van der Waals surface area contributed by atoms with Crippen molar-refractivity contribution in [2.45, 2.75) is 14.4 Å². The molecule has 0 saturated carbocycles. The minimum atomic E-state index is -0.776. The second-order valence-electron chi connectivity index (χ2n) is 7.27. The van der Waals surface area contributed by atoms with Gasteiger partial charge >= 0.3 is 0 Å². The Morgan fingerprint density at radius 2 is 0.933 bits per heavy atom. The monoisotopic (exact) mass is 424 g/mol. The Labute approximate surface area is 185 Å². The van der Waals surface area contributed by atoms with Gasteiger partial charge in [0.05, 0.1) is 0 Å². The molecule has 0 aromatic heterocycles. The van der Waals surface area contributed by atoms with Crippen LogP contribution in [0.25, 0.3) is 0 Å². The van der Waals surface area contributed by atoms with Gasteiger partial charge in [0.1, 0.15) is 9.49 Å². The largest absolute Gasteiger partial charge is 0.286 e. The molecule has 1 atom stereocenters. The molecule has 1 unspecified atom stereocenters. The van der Waals surface area contributed by atoms with Crippen LogP contribution in [0.15, 0.2) is 126 Å². The van der Waals surface area contributed by atoms with Gasteiger partial charge in [-0.3, -0.25) is 4.79 Å². The van der Waals surface area contributed by atoms with Crippen molar-refractivity contribution in [2.24, 2.45) is 0 Å². The number of benzene rings is 4. The van der Waals surface area contributed by atoms with E-state index >= 15 is 0 Å². The van der Waals surface area contributed by atoms with Crippen LogP contribution in [-0.2, 0) is 14.3 Å². The SMILES string of the molecule is O=C1SC(Sc2ccccc2)(c2ccccc2)C1(c1ccccc1)c1ccccc1. The number of carbonyl (C=O) groups excluding carboxylic acids is 1. The molecule has 1 aliphatic heterocycles. The minimum Gasteiger partial charge on any atom is -0.286 e. The van der Waals surface area contributed by atoms with Crippen LogP contribution in [0.3, 0.4) is 0 Å². The van der Waals surface area contributed by atoms with E-state index in [4.69, 9.17) is 0 Å². The van der Waals surface area contributed by atoms with Crippen molar-refractivity contribution in [1.29, 1.82) is 0 Å². The lowest BCUT2D eigenvalue weighted by Crippen LogP contribution is -2.60. The first kappa shape index (κ1) is 19.2. The summed E-state index contributed by atoms with van der Waals surface area (Å²) in [5.74, 6) is 0. The maximum atomic E-state index is 13.7. The molecule has 5 rings (SSSR count). The molecule has 3 heteroatoms. The van der Waals surface area contributed by atoms with E-state index in [0.717, 1.165) is 21.6 Å². The fourth-order valence-corrected chi connectivity index (χ4v) is 7.77. The predicted molar refractivity (Wildman–Crippen MR) is 127 cm³/mol. The van der Waals surface area contributed by atoms with E-state index in [9.17, 15) is 4.79 Å². The average Bonchev–Trinajstić information content (AvgIpc) is 2.81. The first-order chi connectivity index (χ1) is 14.8. The summed E-state index contributed by atoms with van der Waals surface area (Å²) in [5.41, 5.74) is 2.44. The highest BCUT2D eigenvalue weighted by atomic mass is 32.2. The van der Waals surface area contributed by atoms with Gasteiger partial charge in [-0.2, -0.15) is 0 Å². The maximum absolute atomic E-state index is 13.7. The average molecular weight is 425 g/mol. The maximum Gasteiger partial charge on any atom is 0.208 e. The summed E-state index contributed by atoms with van der Waals surface area (Å²) in [4.78, 5) is 14.8. The summed E-state index contributed by atoms with van der Waals surface area (Å²) in [6.07, 6.45) is 0. The number of thioether (sulfide) groups is 2. The highest BCUT2D eigenvalue weighted by Crippen LogP contribution is 2.72. The zero-order chi connectivity index (χ0) is 20.4. The summed E-state index contributed by atoms with van der Waals surface area (Å²) in [5, 5.41) is 0.187. The fraction of sp³-hybridized carbons (Fsp3) is 0.0741. The van der Waals surface area contributed by atoms with E-state index in [1.807, 2.05) is 48.5 Å². The van der Waals surface area contributed by atoms with Gasteiger partial charge in [0, 0.05) is 4.90 Å². The van der Waals surface area contributed by atoms with Crippen molar-refractivity contribution in [3.63, 3.8) is 0 Å². The van der Waals surface area contributed by atoms with Crippen molar-refractivity contribution in [3.8, 4) is 0 Å². The summed E-state index contributed by atoms with van der Waals surface area (Å²) >= 11 is 3.22. The molecule has 1 saturated heterocycles. The molecule has 146 valence electrons. The minimum absolute atomic E-state index is 0.187. The van der Waals surface area contributed by atoms with E-state index < -0.39 is 9.49 Å². The molecular formula is C27H20OS2. The van der Waals surface area contributed by atoms with Crippen LogP contribution in [0.2, 0.25) is 0 Å². The lowest BCUT2D eigenvalue weighted by molar-refractivity contribution is -0.117. The molecule has 4 aromatic rings. The van der Waals surface area contributed by atoms with Crippen molar-refractivity contribution in [1.82, 2.24) is 0 Å². The predicted octanol–water partition coefficient (Wildman–Crippen LogP) is 6.89. The van der Waals surface area contributed by atoms with Gasteiger partial charge < -0.3 is 0 Å². The molecule has 0 amide bonds. The number of hydrogen-bond acceptors (Lipinski definition) is 3. The second-order valence-corrected chi connectivity index (χ2v) is 10.0. The van der Waals surface area contributed by atoms with Crippen LogP contribution in [0.5, 0.6) is 0 Å². The third-order valence-corrected chi connectivity index (χ3v) is 8.77. The molecule has 0 spiro atoms. The molecule has 4 aromatic carbocycles. The Morgan fingerprint density at radius 3 is 1.37 bits per heavy atom. The van der Waals surface area contributed by atoms with Crippen molar-refractivity contribution < 1.29 is 4.79 Å². The lowest BCUT2D eigenvalue weighted by atomic mass is 9.69. The van der Waals surface area contributed by atoms with Gasteiger partial charge in [-0.15, -0.1) is 11.8 Å². The van der Waals surface area contributed by atoms with E-state index in [0.29, 0.717) is 0 Å². The zero-order valence-electron chi connectivity index (χ0n) is 16.3. The lowest BCUT2D eigenvalue weighted by Gasteiger charge is -2.57. The van der Waals surface area contributed by atoms with Gasteiger partial charge in [-0.05, 0) is 28.8 Å². The molecule has 0 aliphatic carbocycles. The zero-order valence-corrected chi connectivity index (χ0v) is 17.9. The number of rotatable bonds is 5. The third kappa shape index (κ3) is 2.84. The first-order valence-electron chi connectivity index (χ1n) is 9.91. The van der Waals surface area contributed by atoms with Crippen LogP contribution in [-0.4, -0.2) is 5.12 Å². The normalized spacial score (nSPS) is 19.8. The van der Waals surface area contributed by atoms with E-state index in [1.165, 1.54) is 11.8 Å². The molecule has 0 radical (unpaired) electrons. The summed E-state index contributed by atoms with van der Waals surface area (Å²) < 4.78 is -0.505. The Hall–Kier alpha value is -2.75. The molecule has 30 heavy (non-hydrogen) atoms. The van der Waals surface area contributed by atoms with Crippen LogP contribution < -0.4 is 0 Å². The van der Waals surface area contributed by atoms with Gasteiger partial charge in [-0.25, -0.2) is 0 Å². The summed E-state index contributed by atoms with van der Waals surface area (Å²) in [6.45, 7) is 0. The molecule has 1 heterocycles. The van der Waals surface area contributed by atoms with Gasteiger partial charge in [0.15, 0.2) is 0 Å². The summed E-state index contributed by atoms with van der Waals surface area (Å²) in [6, 6.07) is 41.3. The number of carbonyl (C=O) groups is 1. The standard InChI is InChI=1S/C27H20OS2/c28-25-26(21-13-5-1-6-14-21,22-15-7-2-8-16-22)27(30-25,23-17-9-3-10-18-23)29-24-19-11-4-12-20-24/h1-20H.